The smallest absolute Gasteiger partial charge is 0.234 e. The minimum absolute atomic E-state index is 0.119. The summed E-state index contributed by atoms with van der Waals surface area (Å²) in [5.74, 6) is 0.883. The van der Waals surface area contributed by atoms with E-state index in [1.165, 1.54) is 11.8 Å². The second-order valence-electron chi connectivity index (χ2n) is 6.79. The number of imidazole rings is 1. The molecule has 0 aliphatic heterocycles. The van der Waals surface area contributed by atoms with Crippen LogP contribution in [-0.4, -0.2) is 28.3 Å². The van der Waals surface area contributed by atoms with Crippen molar-refractivity contribution in [3.05, 3.63) is 78.4 Å². The Bertz CT molecular complexity index is 1240. The maximum absolute atomic E-state index is 12.5. The summed E-state index contributed by atoms with van der Waals surface area (Å²) < 4.78 is 7.31. The number of nitrogens with zero attached hydrogens (tertiary/aromatic N) is 3. The van der Waals surface area contributed by atoms with Crippen LogP contribution in [0.5, 0.6) is 5.75 Å². The molecule has 0 aliphatic rings. The summed E-state index contributed by atoms with van der Waals surface area (Å²) in [5.41, 5.74) is 4.42. The van der Waals surface area contributed by atoms with E-state index < -0.39 is 0 Å². The highest BCUT2D eigenvalue weighted by Gasteiger charge is 2.14. The molecule has 0 saturated carbocycles. The second kappa shape index (κ2) is 9.37. The second-order valence-corrected chi connectivity index (χ2v) is 7.73. The molecule has 0 atom stereocenters. The van der Waals surface area contributed by atoms with Gasteiger partial charge in [0.1, 0.15) is 5.75 Å². The highest BCUT2D eigenvalue weighted by atomic mass is 32.2. The fraction of sp³-hybridized carbons (Fsp3) is 0.125. The minimum Gasteiger partial charge on any atom is -0.497 e. The third-order valence-corrected chi connectivity index (χ3v) is 5.65. The topological polar surface area (TPSA) is 79.9 Å². The molecule has 0 bridgehead atoms. The van der Waals surface area contributed by atoms with E-state index in [9.17, 15) is 4.79 Å². The average molecular weight is 429 g/mol. The maximum Gasteiger partial charge on any atom is 0.234 e. The third kappa shape index (κ3) is 4.71. The summed E-state index contributed by atoms with van der Waals surface area (Å²) in [6.45, 7) is 0. The Labute approximate surface area is 184 Å². The van der Waals surface area contributed by atoms with Crippen LogP contribution in [0.15, 0.2) is 78.0 Å². The standard InChI is InChI=1S/C24H20N4O2S/c1-30-20-12-10-19(11-13-20)28-22-5-3-2-4-21(22)27-24(28)31-16-23(29)26-18-8-6-17(7-9-18)14-15-25/h2-13H,14,16H2,1H3,(H,26,29). The van der Waals surface area contributed by atoms with Gasteiger partial charge in [-0.1, -0.05) is 36.0 Å². The number of nitriles is 1. The highest BCUT2D eigenvalue weighted by Crippen LogP contribution is 2.29. The number of ether oxygens (including phenoxy) is 1. The Kier molecular flexibility index (Phi) is 6.20. The van der Waals surface area contributed by atoms with Gasteiger partial charge in [-0.3, -0.25) is 9.36 Å². The molecule has 0 fully saturated rings. The van der Waals surface area contributed by atoms with E-state index >= 15 is 0 Å². The van der Waals surface area contributed by atoms with Crippen LogP contribution in [0.2, 0.25) is 0 Å². The van der Waals surface area contributed by atoms with Gasteiger partial charge < -0.3 is 10.1 Å². The number of aromatic nitrogens is 2. The van der Waals surface area contributed by atoms with Gasteiger partial charge in [0, 0.05) is 11.4 Å². The lowest BCUT2D eigenvalue weighted by atomic mass is 10.1. The largest absolute Gasteiger partial charge is 0.497 e. The molecular formula is C24H20N4O2S. The van der Waals surface area contributed by atoms with Crippen molar-refractivity contribution in [2.45, 2.75) is 11.6 Å². The molecule has 4 aromatic rings. The van der Waals surface area contributed by atoms with Crippen LogP contribution >= 0.6 is 11.8 Å². The number of nitrogens with one attached hydrogen (secondary N) is 1. The first kappa shape index (κ1) is 20.5. The maximum atomic E-state index is 12.5. The molecule has 7 heteroatoms. The predicted octanol–water partition coefficient (Wildman–Crippen LogP) is 4.83. The SMILES string of the molecule is COc1ccc(-n2c(SCC(=O)Nc3ccc(CC#N)cc3)nc3ccccc32)cc1. The predicted molar refractivity (Wildman–Crippen MR) is 123 cm³/mol. The summed E-state index contributed by atoms with van der Waals surface area (Å²) in [5, 5.41) is 12.4. The van der Waals surface area contributed by atoms with E-state index in [1.54, 1.807) is 7.11 Å². The summed E-state index contributed by atoms with van der Waals surface area (Å²) in [4.78, 5) is 17.2. The van der Waals surface area contributed by atoms with Crippen molar-refractivity contribution >= 4 is 34.4 Å². The zero-order valence-corrected chi connectivity index (χ0v) is 17.7. The minimum atomic E-state index is -0.119. The lowest BCUT2D eigenvalue weighted by Crippen LogP contribution is -2.14. The molecule has 1 N–H and O–H groups in total. The van der Waals surface area contributed by atoms with Crippen LogP contribution in [0.3, 0.4) is 0 Å². The number of anilines is 1. The van der Waals surface area contributed by atoms with Crippen LogP contribution in [0, 0.1) is 11.3 Å². The average Bonchev–Trinajstić information content (AvgIpc) is 3.18. The number of hydrogen-bond acceptors (Lipinski definition) is 5. The fourth-order valence-electron chi connectivity index (χ4n) is 3.21. The molecule has 0 spiro atoms. The summed E-state index contributed by atoms with van der Waals surface area (Å²) >= 11 is 1.38. The molecule has 4 rings (SSSR count). The molecule has 3 aromatic carbocycles. The zero-order valence-electron chi connectivity index (χ0n) is 16.9. The third-order valence-electron chi connectivity index (χ3n) is 4.71. The number of benzene rings is 3. The normalized spacial score (nSPS) is 10.6. The van der Waals surface area contributed by atoms with Crippen LogP contribution < -0.4 is 10.1 Å². The van der Waals surface area contributed by atoms with Gasteiger partial charge in [-0.2, -0.15) is 5.26 Å². The fourth-order valence-corrected chi connectivity index (χ4v) is 4.03. The summed E-state index contributed by atoms with van der Waals surface area (Å²) in [6, 6.07) is 25.1. The van der Waals surface area contributed by atoms with Crippen molar-refractivity contribution in [1.82, 2.24) is 9.55 Å². The van der Waals surface area contributed by atoms with E-state index in [1.807, 2.05) is 77.4 Å². The van der Waals surface area contributed by atoms with Gasteiger partial charge in [-0.15, -0.1) is 0 Å². The Hall–Kier alpha value is -3.76. The van der Waals surface area contributed by atoms with Gasteiger partial charge in [0.05, 0.1) is 36.4 Å². The van der Waals surface area contributed by atoms with Gasteiger partial charge >= 0.3 is 0 Å². The van der Waals surface area contributed by atoms with Crippen LogP contribution in [0.25, 0.3) is 16.7 Å². The van der Waals surface area contributed by atoms with Crippen LogP contribution in [-0.2, 0) is 11.2 Å². The molecule has 31 heavy (non-hydrogen) atoms. The molecule has 0 radical (unpaired) electrons. The van der Waals surface area contributed by atoms with Gasteiger partial charge in [-0.05, 0) is 54.1 Å². The molecule has 1 amide bonds. The quantitative estimate of drug-likeness (QED) is 0.427. The first-order chi connectivity index (χ1) is 15.2. The molecule has 0 aliphatic carbocycles. The monoisotopic (exact) mass is 428 g/mol. The van der Waals surface area contributed by atoms with Gasteiger partial charge in [-0.25, -0.2) is 4.98 Å². The number of para-hydroxylation sites is 2. The van der Waals surface area contributed by atoms with Crippen molar-refractivity contribution < 1.29 is 9.53 Å². The summed E-state index contributed by atoms with van der Waals surface area (Å²) in [6.07, 6.45) is 0.353. The number of thioether (sulfide) groups is 1. The van der Waals surface area contributed by atoms with E-state index in [2.05, 4.69) is 11.4 Å². The highest BCUT2D eigenvalue weighted by molar-refractivity contribution is 7.99. The Morgan fingerprint density at radius 3 is 2.55 bits per heavy atom. The number of amides is 1. The number of carbonyl (C=O) groups is 1. The molecule has 154 valence electrons. The number of carbonyl (C=O) groups excluding carboxylic acids is 1. The molecule has 1 heterocycles. The van der Waals surface area contributed by atoms with E-state index in [4.69, 9.17) is 15.0 Å². The number of hydrogen-bond donors (Lipinski definition) is 1. The zero-order chi connectivity index (χ0) is 21.6. The lowest BCUT2D eigenvalue weighted by molar-refractivity contribution is -0.113. The summed E-state index contributed by atoms with van der Waals surface area (Å²) in [7, 11) is 1.64. The van der Waals surface area contributed by atoms with E-state index in [0.717, 1.165) is 33.2 Å². The van der Waals surface area contributed by atoms with Crippen molar-refractivity contribution in [3.63, 3.8) is 0 Å². The van der Waals surface area contributed by atoms with Gasteiger partial charge in [0.15, 0.2) is 5.16 Å². The Balaban J connectivity index is 1.52. The van der Waals surface area contributed by atoms with Crippen LogP contribution in [0.4, 0.5) is 5.69 Å². The molecule has 0 unspecified atom stereocenters. The number of fused-ring (bicyclic) bond motifs is 1. The lowest BCUT2D eigenvalue weighted by Gasteiger charge is -2.10. The van der Waals surface area contributed by atoms with Crippen molar-refractivity contribution in [2.24, 2.45) is 0 Å². The van der Waals surface area contributed by atoms with E-state index in [-0.39, 0.29) is 11.7 Å². The number of rotatable bonds is 7. The molecular weight excluding hydrogens is 408 g/mol. The first-order valence-corrected chi connectivity index (χ1v) is 10.7. The van der Waals surface area contributed by atoms with Gasteiger partial charge in [0.25, 0.3) is 0 Å². The van der Waals surface area contributed by atoms with Crippen LogP contribution in [0.1, 0.15) is 5.56 Å². The first-order valence-electron chi connectivity index (χ1n) is 9.68. The van der Waals surface area contributed by atoms with Gasteiger partial charge in [0.2, 0.25) is 5.91 Å². The van der Waals surface area contributed by atoms with Crippen molar-refractivity contribution in [2.75, 3.05) is 18.2 Å². The molecule has 1 aromatic heterocycles. The molecule has 6 nitrogen and oxygen atoms in total. The Morgan fingerprint density at radius 2 is 1.84 bits per heavy atom. The van der Waals surface area contributed by atoms with Crippen molar-refractivity contribution in [1.29, 1.82) is 5.26 Å². The Morgan fingerprint density at radius 1 is 1.10 bits per heavy atom. The van der Waals surface area contributed by atoms with Crippen molar-refractivity contribution in [3.8, 4) is 17.5 Å². The van der Waals surface area contributed by atoms with E-state index in [0.29, 0.717) is 12.1 Å². The number of methoxy groups -OCH3 is 1. The molecule has 0 saturated heterocycles.